The van der Waals surface area contributed by atoms with E-state index in [2.05, 4.69) is 0 Å². The highest BCUT2D eigenvalue weighted by Gasteiger charge is 2.14. The van der Waals surface area contributed by atoms with Crippen LogP contribution in [0.5, 0.6) is 5.75 Å². The first-order chi connectivity index (χ1) is 9.59. The number of non-ortho nitro benzene ring substituents is 1. The Morgan fingerprint density at radius 2 is 1.95 bits per heavy atom. The molecule has 0 radical (unpaired) electrons. The lowest BCUT2D eigenvalue weighted by atomic mass is 10.1. The number of carboxylic acid groups (broad SMARTS) is 1. The Labute approximate surface area is 114 Å². The van der Waals surface area contributed by atoms with E-state index in [-0.39, 0.29) is 12.3 Å². The van der Waals surface area contributed by atoms with E-state index < -0.39 is 10.9 Å². The van der Waals surface area contributed by atoms with Crippen molar-refractivity contribution in [1.29, 1.82) is 0 Å². The summed E-state index contributed by atoms with van der Waals surface area (Å²) in [5.74, 6) is -0.580. The van der Waals surface area contributed by atoms with Crippen molar-refractivity contribution in [2.24, 2.45) is 0 Å². The molecule has 0 bridgehead atoms. The molecule has 0 spiro atoms. The molecule has 0 unspecified atom stereocenters. The molecule has 0 saturated carbocycles. The van der Waals surface area contributed by atoms with Gasteiger partial charge in [-0.2, -0.15) is 0 Å². The maximum Gasteiger partial charge on any atom is 0.328 e. The van der Waals surface area contributed by atoms with Crippen molar-refractivity contribution in [3.05, 3.63) is 58.7 Å². The van der Waals surface area contributed by atoms with E-state index in [1.165, 1.54) is 18.2 Å². The molecule has 0 aliphatic heterocycles. The molecular formula is C14H11NO5. The third-order valence-electron chi connectivity index (χ3n) is 2.65. The number of ether oxygens (including phenoxy) is 1. The number of carbonyl (C=O) groups is 1. The molecule has 102 valence electrons. The molecule has 0 atom stereocenters. The van der Waals surface area contributed by atoms with E-state index in [4.69, 9.17) is 9.84 Å². The first-order valence-electron chi connectivity index (χ1n) is 5.78. The maximum atomic E-state index is 10.9. The summed E-state index contributed by atoms with van der Waals surface area (Å²) in [4.78, 5) is 20.8. The van der Waals surface area contributed by atoms with Crippen LogP contribution in [0, 0.1) is 10.1 Å². The monoisotopic (exact) mass is 273 g/mol. The van der Waals surface area contributed by atoms with Gasteiger partial charge in [-0.3, -0.25) is 10.1 Å². The van der Waals surface area contributed by atoms with Crippen LogP contribution in [-0.2, 0) is 4.79 Å². The number of benzene rings is 2. The lowest BCUT2D eigenvalue weighted by molar-refractivity contribution is -0.383. The van der Waals surface area contributed by atoms with Gasteiger partial charge in [-0.05, 0) is 18.2 Å². The second-order valence-electron chi connectivity index (χ2n) is 3.94. The van der Waals surface area contributed by atoms with E-state index in [0.717, 1.165) is 6.08 Å². The van der Waals surface area contributed by atoms with Gasteiger partial charge in [0.05, 0.1) is 10.3 Å². The van der Waals surface area contributed by atoms with E-state index >= 15 is 0 Å². The van der Waals surface area contributed by atoms with Gasteiger partial charge in [0.15, 0.2) is 0 Å². The lowest BCUT2D eigenvalue weighted by Crippen LogP contribution is -1.97. The largest absolute Gasteiger partial charge is 0.489 e. The molecule has 2 aromatic rings. The highest BCUT2D eigenvalue weighted by atomic mass is 16.6. The number of carboxylic acids is 1. The van der Waals surface area contributed by atoms with E-state index in [1.807, 2.05) is 0 Å². The second-order valence-corrected chi connectivity index (χ2v) is 3.94. The van der Waals surface area contributed by atoms with Crippen molar-refractivity contribution in [2.75, 3.05) is 6.61 Å². The average molecular weight is 273 g/mol. The Morgan fingerprint density at radius 3 is 2.60 bits per heavy atom. The summed E-state index contributed by atoms with van der Waals surface area (Å²) in [7, 11) is 0. The SMILES string of the molecule is O=C(O)C=CCOc1ccc([N+](=O)[O-])c2ccccc12. The van der Waals surface area contributed by atoms with Crippen LogP contribution in [-0.4, -0.2) is 22.6 Å². The van der Waals surface area contributed by atoms with Crippen LogP contribution in [0.15, 0.2) is 48.6 Å². The molecule has 0 aliphatic rings. The smallest absolute Gasteiger partial charge is 0.328 e. The van der Waals surface area contributed by atoms with Crippen LogP contribution in [0.2, 0.25) is 0 Å². The Kier molecular flexibility index (Phi) is 3.95. The molecule has 0 amide bonds. The van der Waals surface area contributed by atoms with Crippen molar-refractivity contribution >= 4 is 22.4 Å². The van der Waals surface area contributed by atoms with Gasteiger partial charge in [-0.25, -0.2) is 4.79 Å². The number of nitro benzene ring substituents is 1. The minimum absolute atomic E-state index is 0.00836. The number of nitro groups is 1. The predicted molar refractivity (Wildman–Crippen MR) is 72.9 cm³/mol. The van der Waals surface area contributed by atoms with Crippen molar-refractivity contribution in [2.45, 2.75) is 0 Å². The Morgan fingerprint density at radius 1 is 1.25 bits per heavy atom. The first-order valence-corrected chi connectivity index (χ1v) is 5.78. The molecule has 20 heavy (non-hydrogen) atoms. The number of hydrogen-bond donors (Lipinski definition) is 1. The summed E-state index contributed by atoms with van der Waals surface area (Å²) in [6.45, 7) is 0.0775. The maximum absolute atomic E-state index is 10.9. The van der Waals surface area contributed by atoms with Crippen LogP contribution in [0.1, 0.15) is 0 Å². The minimum Gasteiger partial charge on any atom is -0.489 e. The van der Waals surface area contributed by atoms with Gasteiger partial charge in [0.1, 0.15) is 12.4 Å². The molecule has 2 rings (SSSR count). The van der Waals surface area contributed by atoms with Gasteiger partial charge in [0.2, 0.25) is 0 Å². The van der Waals surface area contributed by atoms with E-state index in [0.29, 0.717) is 16.5 Å². The van der Waals surface area contributed by atoms with Gasteiger partial charge in [0.25, 0.3) is 5.69 Å². The number of rotatable bonds is 5. The molecule has 2 aromatic carbocycles. The van der Waals surface area contributed by atoms with Crippen LogP contribution < -0.4 is 4.74 Å². The normalized spacial score (nSPS) is 10.8. The Hall–Kier alpha value is -2.89. The van der Waals surface area contributed by atoms with Crippen LogP contribution >= 0.6 is 0 Å². The van der Waals surface area contributed by atoms with Gasteiger partial charge in [0, 0.05) is 17.5 Å². The zero-order valence-corrected chi connectivity index (χ0v) is 10.4. The molecule has 0 aromatic heterocycles. The number of aliphatic carboxylic acids is 1. The highest BCUT2D eigenvalue weighted by Crippen LogP contribution is 2.32. The van der Waals surface area contributed by atoms with Gasteiger partial charge < -0.3 is 9.84 Å². The quantitative estimate of drug-likeness (QED) is 0.514. The number of nitrogens with zero attached hydrogens (tertiary/aromatic N) is 1. The third-order valence-corrected chi connectivity index (χ3v) is 2.65. The zero-order valence-electron chi connectivity index (χ0n) is 10.4. The molecule has 0 heterocycles. The number of fused-ring (bicyclic) bond motifs is 1. The van der Waals surface area contributed by atoms with Crippen molar-refractivity contribution < 1.29 is 19.6 Å². The zero-order chi connectivity index (χ0) is 14.5. The van der Waals surface area contributed by atoms with Gasteiger partial charge >= 0.3 is 5.97 Å². The summed E-state index contributed by atoms with van der Waals surface area (Å²) >= 11 is 0. The third kappa shape index (κ3) is 2.92. The fourth-order valence-corrected chi connectivity index (χ4v) is 1.83. The van der Waals surface area contributed by atoms with E-state index in [9.17, 15) is 14.9 Å². The van der Waals surface area contributed by atoms with Crippen LogP contribution in [0.4, 0.5) is 5.69 Å². The summed E-state index contributed by atoms with van der Waals surface area (Å²) in [6.07, 6.45) is 2.34. The van der Waals surface area contributed by atoms with Crippen molar-refractivity contribution in [1.82, 2.24) is 0 Å². The van der Waals surface area contributed by atoms with Crippen molar-refractivity contribution in [3.8, 4) is 5.75 Å². The lowest BCUT2D eigenvalue weighted by Gasteiger charge is -2.07. The Balaban J connectivity index is 2.33. The summed E-state index contributed by atoms with van der Waals surface area (Å²) in [5.41, 5.74) is 0.00836. The van der Waals surface area contributed by atoms with Gasteiger partial charge in [-0.1, -0.05) is 18.2 Å². The van der Waals surface area contributed by atoms with Crippen LogP contribution in [0.25, 0.3) is 10.8 Å². The number of hydrogen-bond acceptors (Lipinski definition) is 4. The minimum atomic E-state index is -1.05. The molecular weight excluding hydrogens is 262 g/mol. The summed E-state index contributed by atoms with van der Waals surface area (Å²) in [5, 5.41) is 20.5. The molecule has 6 heteroatoms. The molecule has 1 N–H and O–H groups in total. The summed E-state index contributed by atoms with van der Waals surface area (Å²) in [6, 6.07) is 9.72. The fourth-order valence-electron chi connectivity index (χ4n) is 1.83. The van der Waals surface area contributed by atoms with Crippen molar-refractivity contribution in [3.63, 3.8) is 0 Å². The second kappa shape index (κ2) is 5.83. The molecule has 0 fully saturated rings. The molecule has 0 saturated heterocycles. The molecule has 6 nitrogen and oxygen atoms in total. The predicted octanol–water partition coefficient (Wildman–Crippen LogP) is 2.77. The van der Waals surface area contributed by atoms with Gasteiger partial charge in [-0.15, -0.1) is 0 Å². The average Bonchev–Trinajstić information content (AvgIpc) is 2.43. The molecule has 0 aliphatic carbocycles. The standard InChI is InChI=1S/C14H11NO5/c16-14(17)6-3-9-20-13-8-7-12(15(18)19)10-4-1-2-5-11(10)13/h1-8H,9H2,(H,16,17). The van der Waals surface area contributed by atoms with Crippen LogP contribution in [0.3, 0.4) is 0 Å². The first kappa shape index (κ1) is 13.5. The highest BCUT2D eigenvalue weighted by molar-refractivity contribution is 5.95. The topological polar surface area (TPSA) is 89.7 Å². The summed E-state index contributed by atoms with van der Waals surface area (Å²) < 4.78 is 5.43. The van der Waals surface area contributed by atoms with E-state index in [1.54, 1.807) is 24.3 Å². The Bertz CT molecular complexity index is 693. The fraction of sp³-hybridized carbons (Fsp3) is 0.0714.